The van der Waals surface area contributed by atoms with E-state index in [1.54, 1.807) is 0 Å². The van der Waals surface area contributed by atoms with Crippen LogP contribution in [0, 0.1) is 17.3 Å². The van der Waals surface area contributed by atoms with Gasteiger partial charge in [-0.25, -0.2) is 0 Å². The number of hydrogen-bond donors (Lipinski definition) is 3. The van der Waals surface area contributed by atoms with Gasteiger partial charge in [0.1, 0.15) is 0 Å². The van der Waals surface area contributed by atoms with Gasteiger partial charge >= 0.3 is 0 Å². The third-order valence-corrected chi connectivity index (χ3v) is 5.27. The van der Waals surface area contributed by atoms with E-state index in [2.05, 4.69) is 19.9 Å². The first-order valence-electron chi connectivity index (χ1n) is 6.98. The van der Waals surface area contributed by atoms with E-state index in [-0.39, 0.29) is 17.9 Å². The largest absolute Gasteiger partial charge is 0.393 e. The number of aliphatic hydroxyl groups is 3. The van der Waals surface area contributed by atoms with Crippen molar-refractivity contribution in [1.29, 1.82) is 0 Å². The molecule has 0 aromatic heterocycles. The highest BCUT2D eigenvalue weighted by atomic mass is 16.3. The molecule has 0 spiro atoms. The molecule has 3 nitrogen and oxygen atoms in total. The van der Waals surface area contributed by atoms with Gasteiger partial charge in [-0.1, -0.05) is 19.9 Å². The molecule has 2 rings (SSSR count). The Kier molecular flexibility index (Phi) is 3.60. The molecule has 2 aliphatic rings. The van der Waals surface area contributed by atoms with Gasteiger partial charge in [0.25, 0.3) is 0 Å². The van der Waals surface area contributed by atoms with Crippen molar-refractivity contribution < 1.29 is 15.3 Å². The molecule has 0 aliphatic heterocycles. The molecule has 0 saturated heterocycles. The van der Waals surface area contributed by atoms with E-state index in [0.717, 1.165) is 18.4 Å². The van der Waals surface area contributed by atoms with Crippen molar-refractivity contribution in [3.8, 4) is 0 Å². The maximum absolute atomic E-state index is 10.7. The zero-order valence-electron chi connectivity index (χ0n) is 11.7. The Morgan fingerprint density at radius 2 is 2.00 bits per heavy atom. The Morgan fingerprint density at radius 3 is 2.56 bits per heavy atom. The summed E-state index contributed by atoms with van der Waals surface area (Å²) in [4.78, 5) is 0. The smallest absolute Gasteiger partial charge is 0.0909 e. The summed E-state index contributed by atoms with van der Waals surface area (Å²) in [5.41, 5.74) is 0.207. The van der Waals surface area contributed by atoms with Crippen LogP contribution in [0.1, 0.15) is 46.5 Å². The normalized spacial score (nSPS) is 46.8. The van der Waals surface area contributed by atoms with Crippen molar-refractivity contribution >= 4 is 0 Å². The number of rotatable bonds is 1. The van der Waals surface area contributed by atoms with Crippen LogP contribution < -0.4 is 0 Å². The summed E-state index contributed by atoms with van der Waals surface area (Å²) in [6.07, 6.45) is 4.49. The van der Waals surface area contributed by atoms with E-state index in [9.17, 15) is 15.3 Å². The summed E-state index contributed by atoms with van der Waals surface area (Å²) < 4.78 is 0. The number of hydrogen-bond acceptors (Lipinski definition) is 3. The van der Waals surface area contributed by atoms with Gasteiger partial charge in [0, 0.05) is 0 Å². The first-order valence-corrected chi connectivity index (χ1v) is 6.98. The molecule has 0 bridgehead atoms. The standard InChI is InChI=1S/C15H26O3/c1-10-4-5-11-12(8-14(11,2)3)15(18,9-16)7-6-13(10)17/h4,11-13,16-18H,5-9H2,1-3H3/b10-4-/t11-,12+,13+,15+/m1/s1. The Hall–Kier alpha value is -0.380. The monoisotopic (exact) mass is 254 g/mol. The highest BCUT2D eigenvalue weighted by molar-refractivity contribution is 5.13. The van der Waals surface area contributed by atoms with Crippen molar-refractivity contribution in [1.82, 2.24) is 0 Å². The van der Waals surface area contributed by atoms with Gasteiger partial charge < -0.3 is 15.3 Å². The first kappa shape index (κ1) is 14.0. The minimum atomic E-state index is -1.01. The van der Waals surface area contributed by atoms with Crippen LogP contribution in [0.4, 0.5) is 0 Å². The van der Waals surface area contributed by atoms with Crippen molar-refractivity contribution in [2.24, 2.45) is 17.3 Å². The molecular weight excluding hydrogens is 228 g/mol. The lowest BCUT2D eigenvalue weighted by Crippen LogP contribution is -2.57. The summed E-state index contributed by atoms with van der Waals surface area (Å²) in [7, 11) is 0. The fraction of sp³-hybridized carbons (Fsp3) is 0.867. The van der Waals surface area contributed by atoms with Crippen LogP contribution in [-0.4, -0.2) is 33.6 Å². The van der Waals surface area contributed by atoms with Gasteiger partial charge in [-0.05, 0) is 55.4 Å². The van der Waals surface area contributed by atoms with E-state index in [1.807, 2.05) is 6.92 Å². The van der Waals surface area contributed by atoms with Crippen LogP contribution in [0.2, 0.25) is 0 Å². The average molecular weight is 254 g/mol. The predicted octanol–water partition coefficient (Wildman–Crippen LogP) is 1.86. The molecular formula is C15H26O3. The van der Waals surface area contributed by atoms with E-state index >= 15 is 0 Å². The molecule has 0 amide bonds. The van der Waals surface area contributed by atoms with Crippen LogP contribution in [-0.2, 0) is 0 Å². The lowest BCUT2D eigenvalue weighted by molar-refractivity contribution is -0.168. The second kappa shape index (κ2) is 4.62. The van der Waals surface area contributed by atoms with Gasteiger partial charge in [-0.2, -0.15) is 0 Å². The van der Waals surface area contributed by atoms with Crippen LogP contribution in [0.5, 0.6) is 0 Å². The minimum Gasteiger partial charge on any atom is -0.393 e. The second-order valence-corrected chi connectivity index (χ2v) is 6.91. The molecule has 104 valence electrons. The fourth-order valence-electron chi connectivity index (χ4n) is 3.74. The summed E-state index contributed by atoms with van der Waals surface area (Å²) in [5.74, 6) is 0.557. The quantitative estimate of drug-likeness (QED) is 0.626. The van der Waals surface area contributed by atoms with Gasteiger partial charge in [-0.3, -0.25) is 0 Å². The summed E-state index contributed by atoms with van der Waals surface area (Å²) in [5, 5.41) is 30.2. The van der Waals surface area contributed by atoms with E-state index in [4.69, 9.17) is 0 Å². The lowest BCUT2D eigenvalue weighted by Gasteiger charge is -2.57. The van der Waals surface area contributed by atoms with Crippen LogP contribution in [0.25, 0.3) is 0 Å². The van der Waals surface area contributed by atoms with E-state index < -0.39 is 11.7 Å². The van der Waals surface area contributed by atoms with Gasteiger partial charge in [-0.15, -0.1) is 0 Å². The molecule has 0 aromatic rings. The molecule has 4 atom stereocenters. The molecule has 1 fully saturated rings. The van der Waals surface area contributed by atoms with Gasteiger partial charge in [0.15, 0.2) is 0 Å². The highest BCUT2D eigenvalue weighted by Crippen LogP contribution is 2.57. The van der Waals surface area contributed by atoms with Crippen molar-refractivity contribution in [2.45, 2.75) is 58.2 Å². The van der Waals surface area contributed by atoms with Crippen LogP contribution in [0.3, 0.4) is 0 Å². The first-order chi connectivity index (χ1) is 8.30. The SMILES string of the molecule is C/C1=C/C[C@@H]2[C@H](CC2(C)C)[C@@](O)(CO)CC[C@@H]1O. The second-order valence-electron chi connectivity index (χ2n) is 6.91. The average Bonchev–Trinajstić information content (AvgIpc) is 2.35. The molecule has 0 aromatic carbocycles. The van der Waals surface area contributed by atoms with E-state index in [0.29, 0.717) is 18.8 Å². The predicted molar refractivity (Wildman–Crippen MR) is 71.0 cm³/mol. The third kappa shape index (κ3) is 2.24. The number of aliphatic hydroxyl groups excluding tert-OH is 2. The Bertz CT molecular complexity index is 348. The molecule has 0 radical (unpaired) electrons. The van der Waals surface area contributed by atoms with Crippen molar-refractivity contribution in [3.05, 3.63) is 11.6 Å². The van der Waals surface area contributed by atoms with Crippen LogP contribution >= 0.6 is 0 Å². The maximum Gasteiger partial charge on any atom is 0.0909 e. The third-order valence-electron chi connectivity index (χ3n) is 5.27. The molecule has 3 heteroatoms. The Balaban J connectivity index is 2.26. The van der Waals surface area contributed by atoms with Gasteiger partial charge in [0.05, 0.1) is 18.3 Å². The van der Waals surface area contributed by atoms with Crippen molar-refractivity contribution in [3.63, 3.8) is 0 Å². The molecule has 0 unspecified atom stereocenters. The Morgan fingerprint density at radius 1 is 1.33 bits per heavy atom. The maximum atomic E-state index is 10.7. The summed E-state index contributed by atoms with van der Waals surface area (Å²) >= 11 is 0. The van der Waals surface area contributed by atoms with Gasteiger partial charge in [0.2, 0.25) is 0 Å². The van der Waals surface area contributed by atoms with E-state index in [1.165, 1.54) is 0 Å². The zero-order chi connectivity index (χ0) is 13.6. The summed E-state index contributed by atoms with van der Waals surface area (Å²) in [6, 6.07) is 0. The molecule has 0 heterocycles. The fourth-order valence-corrected chi connectivity index (χ4v) is 3.74. The molecule has 2 aliphatic carbocycles. The lowest BCUT2D eigenvalue weighted by atomic mass is 9.50. The number of fused-ring (bicyclic) bond motifs is 1. The van der Waals surface area contributed by atoms with Crippen LogP contribution in [0.15, 0.2) is 11.6 Å². The Labute approximate surface area is 110 Å². The molecule has 1 saturated carbocycles. The van der Waals surface area contributed by atoms with Crippen molar-refractivity contribution in [2.75, 3.05) is 6.61 Å². The highest BCUT2D eigenvalue weighted by Gasteiger charge is 2.55. The topological polar surface area (TPSA) is 60.7 Å². The summed E-state index contributed by atoms with van der Waals surface area (Å²) in [6.45, 7) is 6.21. The minimum absolute atomic E-state index is 0.159. The molecule has 18 heavy (non-hydrogen) atoms. The molecule has 3 N–H and O–H groups in total. The number of allylic oxidation sites excluding steroid dienone is 1. The zero-order valence-corrected chi connectivity index (χ0v) is 11.7.